The van der Waals surface area contributed by atoms with Gasteiger partial charge in [-0.3, -0.25) is 10.1 Å². The molecule has 2 N–H and O–H groups in total. The number of ether oxygens (including phenoxy) is 1. The van der Waals surface area contributed by atoms with Gasteiger partial charge in [0.05, 0.1) is 18.5 Å². The number of rotatable bonds is 4. The van der Waals surface area contributed by atoms with E-state index in [4.69, 9.17) is 4.74 Å². The third kappa shape index (κ3) is 3.12. The summed E-state index contributed by atoms with van der Waals surface area (Å²) in [6.07, 6.45) is 1.68. The Balaban J connectivity index is 1.82. The van der Waals surface area contributed by atoms with E-state index in [9.17, 15) is 14.0 Å². The molecule has 0 saturated carbocycles. The summed E-state index contributed by atoms with van der Waals surface area (Å²) in [4.78, 5) is 23.7. The van der Waals surface area contributed by atoms with Gasteiger partial charge in [0, 0.05) is 17.3 Å². The van der Waals surface area contributed by atoms with Gasteiger partial charge in [-0.2, -0.15) is 5.10 Å². The van der Waals surface area contributed by atoms with Crippen molar-refractivity contribution in [3.8, 4) is 22.7 Å². The van der Waals surface area contributed by atoms with Gasteiger partial charge in [0.1, 0.15) is 17.6 Å². The number of carbonyl (C=O) groups excluding carboxylic acids is 2. The molecule has 8 heteroatoms. The molecule has 0 aliphatic carbocycles. The van der Waals surface area contributed by atoms with Gasteiger partial charge in [0.25, 0.3) is 5.91 Å². The van der Waals surface area contributed by atoms with Crippen LogP contribution in [-0.4, -0.2) is 28.8 Å². The fourth-order valence-electron chi connectivity index (χ4n) is 2.93. The maximum Gasteiger partial charge on any atom is 0.322 e. The minimum Gasteiger partial charge on any atom is -0.497 e. The third-order valence-corrected chi connectivity index (χ3v) is 4.28. The van der Waals surface area contributed by atoms with Crippen molar-refractivity contribution in [2.75, 3.05) is 7.11 Å². The first-order valence-electron chi connectivity index (χ1n) is 8.16. The van der Waals surface area contributed by atoms with Gasteiger partial charge < -0.3 is 10.1 Å². The number of hydrogen-bond donors (Lipinski definition) is 2. The van der Waals surface area contributed by atoms with Crippen molar-refractivity contribution >= 4 is 11.9 Å². The summed E-state index contributed by atoms with van der Waals surface area (Å²) in [5.41, 5.74) is 2.37. The van der Waals surface area contributed by atoms with Crippen LogP contribution in [0.3, 0.4) is 0 Å². The van der Waals surface area contributed by atoms with Crippen LogP contribution in [0.1, 0.15) is 11.6 Å². The van der Waals surface area contributed by atoms with Gasteiger partial charge in [-0.25, -0.2) is 13.9 Å². The lowest BCUT2D eigenvalue weighted by atomic mass is 10.0. The predicted molar refractivity (Wildman–Crippen MR) is 94.9 cm³/mol. The first-order valence-corrected chi connectivity index (χ1v) is 8.16. The fourth-order valence-corrected chi connectivity index (χ4v) is 2.93. The highest BCUT2D eigenvalue weighted by Crippen LogP contribution is 2.30. The summed E-state index contributed by atoms with van der Waals surface area (Å²) < 4.78 is 20.1. The molecule has 1 aromatic heterocycles. The molecule has 3 aromatic rings. The van der Waals surface area contributed by atoms with Crippen LogP contribution in [0, 0.1) is 5.82 Å². The average Bonchev–Trinajstić information content (AvgIpc) is 3.25. The first kappa shape index (κ1) is 16.8. The Morgan fingerprint density at radius 1 is 1.07 bits per heavy atom. The minimum absolute atomic E-state index is 0.373. The molecular formula is C19H15FN4O3. The zero-order chi connectivity index (χ0) is 19.0. The van der Waals surface area contributed by atoms with Gasteiger partial charge in [0.15, 0.2) is 0 Å². The van der Waals surface area contributed by atoms with E-state index in [0.717, 1.165) is 5.69 Å². The molecule has 136 valence electrons. The molecule has 27 heavy (non-hydrogen) atoms. The molecule has 2 heterocycles. The van der Waals surface area contributed by atoms with Crippen molar-refractivity contribution in [3.05, 3.63) is 66.1 Å². The van der Waals surface area contributed by atoms with Crippen LogP contribution >= 0.6 is 0 Å². The molecule has 1 saturated heterocycles. The first-order chi connectivity index (χ1) is 13.0. The van der Waals surface area contributed by atoms with Crippen molar-refractivity contribution in [1.29, 1.82) is 0 Å². The fraction of sp³-hybridized carbons (Fsp3) is 0.105. The molecule has 1 aliphatic heterocycles. The molecule has 0 radical (unpaired) electrons. The summed E-state index contributed by atoms with van der Waals surface area (Å²) in [6.45, 7) is 0. The van der Waals surface area contributed by atoms with E-state index >= 15 is 0 Å². The Bertz CT molecular complexity index is 1010. The molecule has 1 unspecified atom stereocenters. The quantitative estimate of drug-likeness (QED) is 0.695. The maximum absolute atomic E-state index is 13.3. The normalized spacial score (nSPS) is 16.1. The van der Waals surface area contributed by atoms with Crippen molar-refractivity contribution in [1.82, 2.24) is 20.4 Å². The largest absolute Gasteiger partial charge is 0.497 e. The second kappa shape index (κ2) is 6.56. The van der Waals surface area contributed by atoms with Crippen LogP contribution in [0.2, 0.25) is 0 Å². The molecular weight excluding hydrogens is 351 g/mol. The maximum atomic E-state index is 13.3. The second-order valence-electron chi connectivity index (χ2n) is 5.98. The number of urea groups is 1. The monoisotopic (exact) mass is 366 g/mol. The van der Waals surface area contributed by atoms with E-state index in [2.05, 4.69) is 15.7 Å². The van der Waals surface area contributed by atoms with Crippen molar-refractivity contribution in [2.24, 2.45) is 0 Å². The molecule has 1 fully saturated rings. The lowest BCUT2D eigenvalue weighted by molar-refractivity contribution is -0.120. The number of hydrogen-bond acceptors (Lipinski definition) is 4. The van der Waals surface area contributed by atoms with Crippen LogP contribution in [-0.2, 0) is 4.79 Å². The van der Waals surface area contributed by atoms with Crippen LogP contribution in [0.5, 0.6) is 5.75 Å². The molecule has 0 bridgehead atoms. The molecule has 4 rings (SSSR count). The lowest BCUT2D eigenvalue weighted by Gasteiger charge is -2.07. The predicted octanol–water partition coefficient (Wildman–Crippen LogP) is 2.57. The smallest absolute Gasteiger partial charge is 0.322 e. The van der Waals surface area contributed by atoms with Gasteiger partial charge in [0.2, 0.25) is 0 Å². The summed E-state index contributed by atoms with van der Waals surface area (Å²) in [7, 11) is 1.58. The highest BCUT2D eigenvalue weighted by molar-refractivity contribution is 6.05. The van der Waals surface area contributed by atoms with Crippen molar-refractivity contribution < 1.29 is 18.7 Å². The van der Waals surface area contributed by atoms with Crippen LogP contribution in [0.25, 0.3) is 16.9 Å². The second-order valence-corrected chi connectivity index (χ2v) is 5.98. The Labute approximate surface area is 153 Å². The highest BCUT2D eigenvalue weighted by atomic mass is 19.1. The summed E-state index contributed by atoms with van der Waals surface area (Å²) >= 11 is 0. The molecule has 1 atom stereocenters. The topological polar surface area (TPSA) is 85.2 Å². The SMILES string of the molecule is COc1ccc(-n2cc(C3NC(=O)NC3=O)c(-c3ccc(F)cc3)n2)cc1. The third-order valence-electron chi connectivity index (χ3n) is 4.28. The van der Waals surface area contributed by atoms with Gasteiger partial charge in [-0.15, -0.1) is 0 Å². The van der Waals surface area contributed by atoms with Crippen LogP contribution in [0.15, 0.2) is 54.7 Å². The molecule has 1 aliphatic rings. The number of nitrogens with zero attached hydrogens (tertiary/aromatic N) is 2. The molecule has 3 amide bonds. The molecule has 0 spiro atoms. The van der Waals surface area contributed by atoms with E-state index in [-0.39, 0.29) is 5.82 Å². The number of imide groups is 1. The Hall–Kier alpha value is -3.68. The molecule has 2 aromatic carbocycles. The number of aromatic nitrogens is 2. The van der Waals surface area contributed by atoms with Gasteiger partial charge in [-0.1, -0.05) is 0 Å². The van der Waals surface area contributed by atoms with E-state index in [0.29, 0.717) is 22.6 Å². The van der Waals surface area contributed by atoms with E-state index in [1.54, 1.807) is 42.3 Å². The van der Waals surface area contributed by atoms with Crippen LogP contribution < -0.4 is 15.4 Å². The van der Waals surface area contributed by atoms with E-state index in [1.807, 2.05) is 12.1 Å². The number of benzene rings is 2. The van der Waals surface area contributed by atoms with Crippen molar-refractivity contribution in [2.45, 2.75) is 6.04 Å². The number of methoxy groups -OCH3 is 1. The summed E-state index contributed by atoms with van der Waals surface area (Å²) in [5.74, 6) is -0.133. The van der Waals surface area contributed by atoms with Crippen molar-refractivity contribution in [3.63, 3.8) is 0 Å². The Morgan fingerprint density at radius 2 is 1.78 bits per heavy atom. The molecule has 7 nitrogen and oxygen atoms in total. The average molecular weight is 366 g/mol. The zero-order valence-corrected chi connectivity index (χ0v) is 14.3. The van der Waals surface area contributed by atoms with E-state index in [1.165, 1.54) is 12.1 Å². The number of carbonyl (C=O) groups is 2. The number of amides is 3. The standard InChI is InChI=1S/C19H15FN4O3/c1-27-14-8-6-13(7-9-14)24-10-15(17-18(25)22-19(26)21-17)16(23-24)11-2-4-12(20)5-3-11/h2-10,17H,1H3,(H2,21,22,25,26). The number of halogens is 1. The van der Waals surface area contributed by atoms with Gasteiger partial charge in [-0.05, 0) is 48.5 Å². The highest BCUT2D eigenvalue weighted by Gasteiger charge is 2.34. The minimum atomic E-state index is -0.871. The Kier molecular flexibility index (Phi) is 4.08. The van der Waals surface area contributed by atoms with Crippen LogP contribution in [0.4, 0.5) is 9.18 Å². The zero-order valence-electron chi connectivity index (χ0n) is 14.3. The summed E-state index contributed by atoms with van der Waals surface area (Å²) in [6, 6.07) is 11.6. The Morgan fingerprint density at radius 3 is 2.37 bits per heavy atom. The van der Waals surface area contributed by atoms with E-state index < -0.39 is 18.0 Å². The lowest BCUT2D eigenvalue weighted by Crippen LogP contribution is -2.22. The summed E-state index contributed by atoms with van der Waals surface area (Å²) in [5, 5.41) is 9.35. The van der Waals surface area contributed by atoms with Gasteiger partial charge >= 0.3 is 6.03 Å². The number of nitrogens with one attached hydrogen (secondary N) is 2.